The Balaban J connectivity index is 1.22. The van der Waals surface area contributed by atoms with Crippen molar-refractivity contribution in [1.82, 2.24) is 4.90 Å². The molecule has 1 heterocycles. The van der Waals surface area contributed by atoms with Crippen LogP contribution in [0.15, 0.2) is 12.2 Å². The Bertz CT molecular complexity index is 1480. The minimum atomic E-state index is -0.886. The third-order valence-corrected chi connectivity index (χ3v) is 17.7. The van der Waals surface area contributed by atoms with Gasteiger partial charge in [0.05, 0.1) is 12.8 Å². The summed E-state index contributed by atoms with van der Waals surface area (Å²) < 4.78 is 6.29. The van der Waals surface area contributed by atoms with Crippen LogP contribution in [0, 0.1) is 62.1 Å². The van der Waals surface area contributed by atoms with Crippen LogP contribution in [0.3, 0.4) is 0 Å². The molecule has 53 heavy (non-hydrogen) atoms. The maximum atomic E-state index is 14.3. The maximum absolute atomic E-state index is 14.3. The van der Waals surface area contributed by atoms with Gasteiger partial charge in [0.15, 0.2) is 0 Å². The first-order valence-electron chi connectivity index (χ1n) is 21.5. The number of carbonyl (C=O) groups excluding carboxylic acids is 3. The fourth-order valence-corrected chi connectivity index (χ4v) is 15.1. The van der Waals surface area contributed by atoms with Gasteiger partial charge in [0, 0.05) is 30.8 Å². The van der Waals surface area contributed by atoms with Gasteiger partial charge >= 0.3 is 11.9 Å². The lowest BCUT2D eigenvalue weighted by Gasteiger charge is -2.73. The number of nitrogens with zero attached hydrogens (tertiary/aromatic N) is 1. The van der Waals surface area contributed by atoms with Gasteiger partial charge in [0.1, 0.15) is 11.9 Å². The van der Waals surface area contributed by atoms with Crippen molar-refractivity contribution >= 4 is 23.6 Å². The van der Waals surface area contributed by atoms with Gasteiger partial charge in [0.25, 0.3) is 0 Å². The van der Waals surface area contributed by atoms with Gasteiger partial charge in [-0.25, -0.2) is 0 Å². The van der Waals surface area contributed by atoms with Gasteiger partial charge in [-0.15, -0.1) is 0 Å². The molecule has 0 aromatic rings. The van der Waals surface area contributed by atoms with E-state index in [4.69, 9.17) is 4.74 Å². The minimum Gasteiger partial charge on any atom is -0.481 e. The Kier molecular flexibility index (Phi) is 10.8. The number of esters is 1. The lowest BCUT2D eigenvalue weighted by Crippen LogP contribution is -2.67. The molecule has 5 saturated carbocycles. The fraction of sp³-hybridized carbons (Fsp3) is 0.870. The SMILES string of the molecule is C=C(C)[C@@H]1CC[C@]2(CC(=O)N3CCC[C@@H]3CCC(C)=O)CC[C@]3(C)[C@H](CC[C@@H]4[C@@]5(C)CC[C@H](OC(=O)CC(C)(C)CC(=O)O)C(C)(C)[C@@H]5CC[C@]43C)[C@@H]12. The van der Waals surface area contributed by atoms with Crippen molar-refractivity contribution in [2.75, 3.05) is 6.54 Å². The molecular formula is C46H73NO6. The summed E-state index contributed by atoms with van der Waals surface area (Å²) in [6.45, 7) is 25.6. The number of aliphatic carboxylic acids is 1. The first kappa shape index (κ1) is 40.5. The fourth-order valence-electron chi connectivity index (χ4n) is 15.1. The molecule has 298 valence electrons. The molecule has 0 aromatic heterocycles. The molecule has 5 aliphatic carbocycles. The highest BCUT2D eigenvalue weighted by atomic mass is 16.5. The second-order valence-corrected chi connectivity index (χ2v) is 21.6. The van der Waals surface area contributed by atoms with Crippen molar-refractivity contribution < 1.29 is 29.0 Å². The molecule has 7 heteroatoms. The van der Waals surface area contributed by atoms with Crippen molar-refractivity contribution in [1.29, 1.82) is 0 Å². The van der Waals surface area contributed by atoms with Gasteiger partial charge in [0.2, 0.25) is 5.91 Å². The van der Waals surface area contributed by atoms with E-state index in [1.807, 2.05) is 13.8 Å². The van der Waals surface area contributed by atoms with Crippen LogP contribution in [0.4, 0.5) is 0 Å². The average Bonchev–Trinajstić information content (AvgIpc) is 3.66. The molecule has 6 fully saturated rings. The molecule has 1 saturated heterocycles. The molecule has 1 aliphatic heterocycles. The topological polar surface area (TPSA) is 101 Å². The van der Waals surface area contributed by atoms with Gasteiger partial charge in [-0.2, -0.15) is 0 Å². The Morgan fingerprint density at radius 2 is 1.55 bits per heavy atom. The lowest BCUT2D eigenvalue weighted by atomic mass is 9.32. The molecule has 6 rings (SSSR count). The Morgan fingerprint density at radius 1 is 0.830 bits per heavy atom. The van der Waals surface area contributed by atoms with Crippen molar-refractivity contribution in [2.24, 2.45) is 62.1 Å². The minimum absolute atomic E-state index is 0.0336. The molecular weight excluding hydrogens is 663 g/mol. The number of allylic oxidation sites excluding steroid dienone is 1. The number of amides is 1. The van der Waals surface area contributed by atoms with E-state index >= 15 is 0 Å². The summed E-state index contributed by atoms with van der Waals surface area (Å²) in [5.74, 6) is 1.96. The summed E-state index contributed by atoms with van der Waals surface area (Å²) >= 11 is 0. The standard InChI is InChI=1S/C46H73NO6/c1-29(2)32-17-22-46(26-37(49)47-25-11-12-31(47)14-13-30(3)48)24-23-44(9)33(40(32)46)15-16-35-43(8)20-19-36(42(6,7)34(43)18-21-45(35,44)10)53-39(52)28-41(4,5)27-38(50)51/h31-36,40H,1,11-28H2,2-10H3,(H,50,51)/t31-,32+,33-,34+,35-,36+,40-,43+,44-,45-,46-/m1/s1. The van der Waals surface area contributed by atoms with Crippen LogP contribution in [-0.2, 0) is 23.9 Å². The van der Waals surface area contributed by atoms with E-state index in [1.54, 1.807) is 6.92 Å². The molecule has 0 unspecified atom stereocenters. The summed E-state index contributed by atoms with van der Waals surface area (Å²) in [6.07, 6.45) is 15.2. The van der Waals surface area contributed by atoms with Crippen LogP contribution in [0.2, 0.25) is 0 Å². The number of hydrogen-bond donors (Lipinski definition) is 1. The molecule has 6 aliphatic rings. The second kappa shape index (κ2) is 14.1. The van der Waals surface area contributed by atoms with Crippen LogP contribution in [0.5, 0.6) is 0 Å². The molecule has 0 bridgehead atoms. The molecule has 7 nitrogen and oxygen atoms in total. The number of carboxylic acid groups (broad SMARTS) is 1. The van der Waals surface area contributed by atoms with E-state index < -0.39 is 11.4 Å². The normalized spacial score (nSPS) is 41.8. The number of ether oxygens (including phenoxy) is 1. The highest BCUT2D eigenvalue weighted by Crippen LogP contribution is 2.78. The summed E-state index contributed by atoms with van der Waals surface area (Å²) in [4.78, 5) is 53.0. The number of carbonyl (C=O) groups is 4. The van der Waals surface area contributed by atoms with Crippen LogP contribution < -0.4 is 0 Å². The van der Waals surface area contributed by atoms with E-state index in [0.717, 1.165) is 64.3 Å². The number of rotatable bonds is 11. The zero-order valence-electron chi connectivity index (χ0n) is 34.9. The van der Waals surface area contributed by atoms with Crippen LogP contribution >= 0.6 is 0 Å². The number of ketones is 1. The maximum Gasteiger partial charge on any atom is 0.306 e. The summed E-state index contributed by atoms with van der Waals surface area (Å²) in [5.41, 5.74) is 1.04. The van der Waals surface area contributed by atoms with Crippen molar-refractivity contribution in [3.05, 3.63) is 12.2 Å². The third-order valence-electron chi connectivity index (χ3n) is 17.7. The second-order valence-electron chi connectivity index (χ2n) is 21.6. The molecule has 1 amide bonds. The quantitative estimate of drug-likeness (QED) is 0.167. The first-order valence-corrected chi connectivity index (χ1v) is 21.5. The number of hydrogen-bond acceptors (Lipinski definition) is 5. The molecule has 11 atom stereocenters. The van der Waals surface area contributed by atoms with Gasteiger partial charge in [-0.3, -0.25) is 14.4 Å². The average molecular weight is 736 g/mol. The van der Waals surface area contributed by atoms with E-state index in [1.165, 1.54) is 31.3 Å². The molecule has 0 aromatic carbocycles. The number of fused-ring (bicyclic) bond motifs is 7. The number of carboxylic acids is 1. The molecule has 0 radical (unpaired) electrons. The lowest BCUT2D eigenvalue weighted by molar-refractivity contribution is -0.250. The summed E-state index contributed by atoms with van der Waals surface area (Å²) in [5, 5.41) is 9.36. The zero-order chi connectivity index (χ0) is 38.9. The van der Waals surface area contributed by atoms with Gasteiger partial charge < -0.3 is 19.5 Å². The summed E-state index contributed by atoms with van der Waals surface area (Å²) in [6, 6.07) is 0.213. The first-order chi connectivity index (χ1) is 24.6. The summed E-state index contributed by atoms with van der Waals surface area (Å²) in [7, 11) is 0. The monoisotopic (exact) mass is 736 g/mol. The number of likely N-dealkylation sites (tertiary alicyclic amines) is 1. The van der Waals surface area contributed by atoms with Gasteiger partial charge in [-0.1, -0.05) is 60.6 Å². The largest absolute Gasteiger partial charge is 0.481 e. The van der Waals surface area contributed by atoms with Crippen molar-refractivity contribution in [3.63, 3.8) is 0 Å². The smallest absolute Gasteiger partial charge is 0.306 e. The molecule has 1 N–H and O–H groups in total. The predicted molar refractivity (Wildman–Crippen MR) is 209 cm³/mol. The van der Waals surface area contributed by atoms with Crippen molar-refractivity contribution in [2.45, 2.75) is 184 Å². The van der Waals surface area contributed by atoms with E-state index in [-0.39, 0.29) is 63.8 Å². The van der Waals surface area contributed by atoms with Crippen LogP contribution in [0.1, 0.15) is 171 Å². The van der Waals surface area contributed by atoms with Crippen molar-refractivity contribution in [3.8, 4) is 0 Å². The Morgan fingerprint density at radius 3 is 2.21 bits per heavy atom. The van der Waals surface area contributed by atoms with E-state index in [9.17, 15) is 24.3 Å². The van der Waals surface area contributed by atoms with E-state index in [0.29, 0.717) is 48.3 Å². The zero-order valence-corrected chi connectivity index (χ0v) is 34.9. The van der Waals surface area contributed by atoms with Crippen LogP contribution in [-0.4, -0.2) is 52.3 Å². The number of Topliss-reactive ketones (excluding diaryl/α,β-unsaturated/α-hetero) is 1. The molecule has 0 spiro atoms. The van der Waals surface area contributed by atoms with E-state index in [2.05, 4.69) is 53.0 Å². The third kappa shape index (κ3) is 6.87. The Hall–Kier alpha value is -2.18. The predicted octanol–water partition coefficient (Wildman–Crippen LogP) is 10.2. The van der Waals surface area contributed by atoms with Gasteiger partial charge in [-0.05, 0) is 154 Å². The van der Waals surface area contributed by atoms with Crippen LogP contribution in [0.25, 0.3) is 0 Å². The highest BCUT2D eigenvalue weighted by molar-refractivity contribution is 5.78. The highest BCUT2D eigenvalue weighted by Gasteiger charge is 2.71. The Labute approximate surface area is 321 Å².